The molecule has 2 heterocycles. The molecular weight excluding hydrogens is 340 g/mol. The first-order valence-corrected chi connectivity index (χ1v) is 8.63. The Morgan fingerprint density at radius 3 is 3.00 bits per heavy atom. The van der Waals surface area contributed by atoms with Crippen molar-refractivity contribution in [2.75, 3.05) is 30.4 Å². The fourth-order valence-corrected chi connectivity index (χ4v) is 3.15. The lowest BCUT2D eigenvalue weighted by molar-refractivity contribution is -0.120. The molecule has 1 aliphatic heterocycles. The van der Waals surface area contributed by atoms with E-state index < -0.39 is 0 Å². The van der Waals surface area contributed by atoms with E-state index in [1.807, 2.05) is 13.0 Å². The number of amides is 1. The third-order valence-corrected chi connectivity index (χ3v) is 4.51. The molecule has 3 rings (SSSR count). The van der Waals surface area contributed by atoms with Gasteiger partial charge in [0.2, 0.25) is 11.9 Å². The van der Waals surface area contributed by atoms with Crippen LogP contribution in [0.15, 0.2) is 30.5 Å². The first-order chi connectivity index (χ1) is 12.1. The lowest BCUT2D eigenvalue weighted by atomic mass is 9.97. The van der Waals surface area contributed by atoms with E-state index in [-0.39, 0.29) is 11.8 Å². The molecule has 1 fully saturated rings. The van der Waals surface area contributed by atoms with E-state index in [0.29, 0.717) is 29.0 Å². The summed E-state index contributed by atoms with van der Waals surface area (Å²) < 4.78 is 5.29. The number of hydrogen-bond acceptors (Lipinski definition) is 5. The fourth-order valence-electron chi connectivity index (χ4n) is 2.97. The molecule has 7 heteroatoms. The van der Waals surface area contributed by atoms with Crippen molar-refractivity contribution < 1.29 is 9.53 Å². The first kappa shape index (κ1) is 17.5. The Labute approximate surface area is 152 Å². The standard InChI is InChI=1S/C18H21ClN4O2/c1-12-7-8-20-18(21-12)23-9-3-4-13(11-23)17(24)22-15-10-14(19)5-6-16(15)25-2/h5-8,10,13H,3-4,9,11H2,1-2H3,(H,22,24). The zero-order valence-corrected chi connectivity index (χ0v) is 15.1. The maximum atomic E-state index is 12.7. The minimum absolute atomic E-state index is 0.0436. The number of nitrogens with zero attached hydrogens (tertiary/aromatic N) is 3. The van der Waals surface area contributed by atoms with Gasteiger partial charge in [-0.1, -0.05) is 11.6 Å². The van der Waals surface area contributed by atoms with E-state index in [0.717, 1.165) is 25.1 Å². The van der Waals surface area contributed by atoms with Gasteiger partial charge in [0, 0.05) is 30.0 Å². The summed E-state index contributed by atoms with van der Waals surface area (Å²) in [5.41, 5.74) is 1.50. The number of methoxy groups -OCH3 is 1. The molecule has 25 heavy (non-hydrogen) atoms. The van der Waals surface area contributed by atoms with Gasteiger partial charge in [-0.05, 0) is 44.0 Å². The van der Waals surface area contributed by atoms with Gasteiger partial charge >= 0.3 is 0 Å². The van der Waals surface area contributed by atoms with Gasteiger partial charge in [0.15, 0.2) is 0 Å². The van der Waals surface area contributed by atoms with Crippen LogP contribution in [0.3, 0.4) is 0 Å². The number of carbonyl (C=O) groups excluding carboxylic acids is 1. The molecule has 1 aliphatic rings. The molecule has 6 nitrogen and oxygen atoms in total. The van der Waals surface area contributed by atoms with Crippen molar-refractivity contribution >= 4 is 29.1 Å². The monoisotopic (exact) mass is 360 g/mol. The molecule has 1 atom stereocenters. The number of nitrogens with one attached hydrogen (secondary N) is 1. The van der Waals surface area contributed by atoms with Crippen LogP contribution in [0.5, 0.6) is 5.75 Å². The number of benzene rings is 1. The van der Waals surface area contributed by atoms with Gasteiger partial charge in [-0.2, -0.15) is 0 Å². The van der Waals surface area contributed by atoms with Crippen molar-refractivity contribution in [3.8, 4) is 5.75 Å². The second-order valence-corrected chi connectivity index (χ2v) is 6.55. The van der Waals surface area contributed by atoms with Crippen LogP contribution in [0.2, 0.25) is 5.02 Å². The van der Waals surface area contributed by atoms with Crippen LogP contribution in [0, 0.1) is 12.8 Å². The number of anilines is 2. The van der Waals surface area contributed by atoms with Gasteiger partial charge < -0.3 is 15.0 Å². The maximum Gasteiger partial charge on any atom is 0.229 e. The SMILES string of the molecule is COc1ccc(Cl)cc1NC(=O)C1CCCN(c2nccc(C)n2)C1. The van der Waals surface area contributed by atoms with E-state index >= 15 is 0 Å². The smallest absolute Gasteiger partial charge is 0.229 e. The van der Waals surface area contributed by atoms with Gasteiger partial charge in [0.1, 0.15) is 5.75 Å². The van der Waals surface area contributed by atoms with E-state index in [4.69, 9.17) is 16.3 Å². The number of piperidine rings is 1. The summed E-state index contributed by atoms with van der Waals surface area (Å²) in [4.78, 5) is 23.6. The Morgan fingerprint density at radius 2 is 2.24 bits per heavy atom. The van der Waals surface area contributed by atoms with Crippen molar-refractivity contribution in [3.05, 3.63) is 41.2 Å². The minimum Gasteiger partial charge on any atom is -0.495 e. The Morgan fingerprint density at radius 1 is 1.40 bits per heavy atom. The molecule has 0 radical (unpaired) electrons. The predicted octanol–water partition coefficient (Wildman–Crippen LogP) is 3.30. The molecule has 1 unspecified atom stereocenters. The minimum atomic E-state index is -0.137. The Kier molecular flexibility index (Phi) is 5.38. The van der Waals surface area contributed by atoms with Gasteiger partial charge in [-0.3, -0.25) is 4.79 Å². The van der Waals surface area contributed by atoms with Crippen LogP contribution < -0.4 is 15.0 Å². The highest BCUT2D eigenvalue weighted by molar-refractivity contribution is 6.31. The lowest BCUT2D eigenvalue weighted by Crippen LogP contribution is -2.41. The number of aromatic nitrogens is 2. The van der Waals surface area contributed by atoms with E-state index in [1.165, 1.54) is 0 Å². The van der Waals surface area contributed by atoms with Crippen molar-refractivity contribution in [2.45, 2.75) is 19.8 Å². The molecule has 0 spiro atoms. The predicted molar refractivity (Wildman–Crippen MR) is 98.3 cm³/mol. The third-order valence-electron chi connectivity index (χ3n) is 4.28. The molecule has 0 saturated carbocycles. The molecule has 132 valence electrons. The molecule has 2 aromatic rings. The first-order valence-electron chi connectivity index (χ1n) is 8.26. The van der Waals surface area contributed by atoms with Crippen molar-refractivity contribution in [2.24, 2.45) is 5.92 Å². The van der Waals surface area contributed by atoms with Crippen molar-refractivity contribution in [1.29, 1.82) is 0 Å². The number of halogens is 1. The molecule has 1 amide bonds. The topological polar surface area (TPSA) is 67.3 Å². The van der Waals surface area contributed by atoms with Crippen LogP contribution >= 0.6 is 11.6 Å². The summed E-state index contributed by atoms with van der Waals surface area (Å²) in [6.45, 7) is 3.39. The summed E-state index contributed by atoms with van der Waals surface area (Å²) in [6.07, 6.45) is 3.50. The zero-order chi connectivity index (χ0) is 17.8. The largest absolute Gasteiger partial charge is 0.495 e. The van der Waals surface area contributed by atoms with E-state index in [9.17, 15) is 4.79 Å². The number of hydrogen-bond donors (Lipinski definition) is 1. The summed E-state index contributed by atoms with van der Waals surface area (Å²) in [5, 5.41) is 3.49. The van der Waals surface area contributed by atoms with Gasteiger partial charge in [0.05, 0.1) is 18.7 Å². The molecule has 1 saturated heterocycles. The van der Waals surface area contributed by atoms with Gasteiger partial charge in [-0.15, -0.1) is 0 Å². The van der Waals surface area contributed by atoms with Crippen LogP contribution in [-0.2, 0) is 4.79 Å². The summed E-state index contributed by atoms with van der Waals surface area (Å²) in [6, 6.07) is 7.03. The Hall–Kier alpha value is -2.34. The zero-order valence-electron chi connectivity index (χ0n) is 14.3. The lowest BCUT2D eigenvalue weighted by Gasteiger charge is -2.32. The molecule has 0 bridgehead atoms. The van der Waals surface area contributed by atoms with Crippen molar-refractivity contribution in [1.82, 2.24) is 9.97 Å². The highest BCUT2D eigenvalue weighted by Gasteiger charge is 2.27. The second-order valence-electron chi connectivity index (χ2n) is 6.12. The van der Waals surface area contributed by atoms with Crippen LogP contribution in [-0.4, -0.2) is 36.1 Å². The Bertz CT molecular complexity index is 768. The van der Waals surface area contributed by atoms with Crippen molar-refractivity contribution in [3.63, 3.8) is 0 Å². The molecule has 1 aromatic heterocycles. The molecule has 0 aliphatic carbocycles. The molecule has 1 N–H and O–H groups in total. The highest BCUT2D eigenvalue weighted by Crippen LogP contribution is 2.29. The molecular formula is C18H21ClN4O2. The number of carbonyl (C=O) groups is 1. The normalized spacial score (nSPS) is 17.2. The van der Waals surface area contributed by atoms with Crippen LogP contribution in [0.25, 0.3) is 0 Å². The molecule has 1 aromatic carbocycles. The van der Waals surface area contributed by atoms with E-state index in [1.54, 1.807) is 31.5 Å². The average molecular weight is 361 g/mol. The summed E-state index contributed by atoms with van der Waals surface area (Å²) >= 11 is 6.03. The fraction of sp³-hybridized carbons (Fsp3) is 0.389. The summed E-state index contributed by atoms with van der Waals surface area (Å²) in [5.74, 6) is 1.09. The maximum absolute atomic E-state index is 12.7. The average Bonchev–Trinajstić information content (AvgIpc) is 2.62. The van der Waals surface area contributed by atoms with E-state index in [2.05, 4.69) is 20.2 Å². The van der Waals surface area contributed by atoms with Crippen LogP contribution in [0.4, 0.5) is 11.6 Å². The quantitative estimate of drug-likeness (QED) is 0.906. The van der Waals surface area contributed by atoms with Gasteiger partial charge in [-0.25, -0.2) is 9.97 Å². The third kappa shape index (κ3) is 4.20. The number of ether oxygens (including phenoxy) is 1. The Balaban J connectivity index is 1.71. The van der Waals surface area contributed by atoms with Crippen LogP contribution in [0.1, 0.15) is 18.5 Å². The summed E-state index contributed by atoms with van der Waals surface area (Å²) in [7, 11) is 1.57. The second kappa shape index (κ2) is 7.70. The highest BCUT2D eigenvalue weighted by atomic mass is 35.5. The number of aryl methyl sites for hydroxylation is 1. The van der Waals surface area contributed by atoms with Gasteiger partial charge in [0.25, 0.3) is 0 Å². The number of rotatable bonds is 4.